The molecule has 0 bridgehead atoms. The second-order valence-electron chi connectivity index (χ2n) is 7.73. The zero-order valence-corrected chi connectivity index (χ0v) is 21.4. The van der Waals surface area contributed by atoms with Crippen molar-refractivity contribution in [2.24, 2.45) is 0 Å². The average Bonchev–Trinajstić information content (AvgIpc) is 2.81. The number of halogens is 3. The summed E-state index contributed by atoms with van der Waals surface area (Å²) < 4.78 is 7.11. The van der Waals surface area contributed by atoms with Gasteiger partial charge in [-0.05, 0) is 41.5 Å². The smallest absolute Gasteiger partial charge is 0.130 e. The molecule has 1 heterocycles. The quantitative estimate of drug-likeness (QED) is 0.313. The van der Waals surface area contributed by atoms with Gasteiger partial charge in [0.1, 0.15) is 17.3 Å². The maximum Gasteiger partial charge on any atom is 0.130 e. The highest BCUT2D eigenvalue weighted by Crippen LogP contribution is 2.28. The Morgan fingerprint density at radius 1 is 0.875 bits per heavy atom. The van der Waals surface area contributed by atoms with Crippen LogP contribution in [-0.2, 0) is 13.2 Å². The molecule has 1 aliphatic heterocycles. The third-order valence-electron chi connectivity index (χ3n) is 5.46. The third-order valence-corrected chi connectivity index (χ3v) is 7.17. The maximum absolute atomic E-state index is 6.14. The van der Waals surface area contributed by atoms with Crippen molar-refractivity contribution in [2.45, 2.75) is 13.2 Å². The third kappa shape index (κ3) is 6.03. The Hall–Kier alpha value is -1.63. The van der Waals surface area contributed by atoms with Gasteiger partial charge in [-0.2, -0.15) is 0 Å². The van der Waals surface area contributed by atoms with Gasteiger partial charge in [-0.1, -0.05) is 87.7 Å². The van der Waals surface area contributed by atoms with Crippen molar-refractivity contribution in [3.05, 3.63) is 97.9 Å². The summed E-state index contributed by atoms with van der Waals surface area (Å²) in [5, 5.41) is 1.06. The number of benzene rings is 3. The molecule has 32 heavy (non-hydrogen) atoms. The van der Waals surface area contributed by atoms with Crippen LogP contribution < -0.4 is 4.74 Å². The van der Waals surface area contributed by atoms with Crippen molar-refractivity contribution in [2.75, 3.05) is 26.2 Å². The van der Waals surface area contributed by atoms with Gasteiger partial charge < -0.3 is 9.64 Å². The molecular formula is C25H23BrCl2N2OS. The number of hydrogen-bond acceptors (Lipinski definition) is 3. The lowest BCUT2D eigenvalue weighted by molar-refractivity contribution is 0.177. The Morgan fingerprint density at radius 3 is 2.34 bits per heavy atom. The fraction of sp³-hybridized carbons (Fsp3) is 0.240. The molecule has 1 aliphatic rings. The van der Waals surface area contributed by atoms with Gasteiger partial charge in [0.2, 0.25) is 0 Å². The van der Waals surface area contributed by atoms with Crippen LogP contribution in [0.25, 0.3) is 0 Å². The zero-order chi connectivity index (χ0) is 22.5. The molecule has 1 saturated heterocycles. The molecule has 0 radical (unpaired) electrons. The first-order valence-electron chi connectivity index (χ1n) is 10.4. The van der Waals surface area contributed by atoms with Crippen LogP contribution in [0, 0.1) is 0 Å². The normalized spacial score (nSPS) is 14.4. The molecule has 3 aromatic rings. The number of rotatable bonds is 6. The van der Waals surface area contributed by atoms with Crippen LogP contribution in [0.3, 0.4) is 0 Å². The molecule has 4 rings (SSSR count). The number of hydrogen-bond donors (Lipinski definition) is 0. The molecule has 0 aromatic heterocycles. The van der Waals surface area contributed by atoms with Gasteiger partial charge in [-0.3, -0.25) is 4.90 Å². The van der Waals surface area contributed by atoms with E-state index in [-0.39, 0.29) is 0 Å². The highest BCUT2D eigenvalue weighted by atomic mass is 79.9. The van der Waals surface area contributed by atoms with Crippen LogP contribution in [0.2, 0.25) is 10.0 Å². The van der Waals surface area contributed by atoms with Crippen molar-refractivity contribution >= 4 is 56.3 Å². The van der Waals surface area contributed by atoms with Crippen LogP contribution in [0.1, 0.15) is 16.7 Å². The Bertz CT molecular complexity index is 1090. The van der Waals surface area contributed by atoms with E-state index in [1.165, 1.54) is 5.56 Å². The van der Waals surface area contributed by atoms with Gasteiger partial charge in [-0.25, -0.2) is 0 Å². The van der Waals surface area contributed by atoms with Crippen molar-refractivity contribution in [3.8, 4) is 5.75 Å². The molecule has 1 fully saturated rings. The van der Waals surface area contributed by atoms with Gasteiger partial charge >= 0.3 is 0 Å². The van der Waals surface area contributed by atoms with Gasteiger partial charge in [0, 0.05) is 37.2 Å². The van der Waals surface area contributed by atoms with E-state index in [0.29, 0.717) is 16.7 Å². The number of ether oxygens (including phenoxy) is 1. The predicted octanol–water partition coefficient (Wildman–Crippen LogP) is 6.83. The Kier molecular flexibility index (Phi) is 8.08. The molecule has 0 atom stereocenters. The first-order chi connectivity index (χ1) is 15.5. The molecule has 0 unspecified atom stereocenters. The monoisotopic (exact) mass is 548 g/mol. The van der Waals surface area contributed by atoms with Crippen molar-refractivity contribution < 1.29 is 4.74 Å². The van der Waals surface area contributed by atoms with E-state index in [9.17, 15) is 0 Å². The molecule has 0 amide bonds. The first-order valence-corrected chi connectivity index (χ1v) is 12.4. The molecule has 3 aromatic carbocycles. The summed E-state index contributed by atoms with van der Waals surface area (Å²) >= 11 is 21.6. The molecule has 0 aliphatic carbocycles. The lowest BCUT2D eigenvalue weighted by Crippen LogP contribution is -2.48. The Balaban J connectivity index is 1.41. The van der Waals surface area contributed by atoms with Gasteiger partial charge in [0.05, 0.1) is 15.6 Å². The standard InChI is InChI=1S/C25H23BrCl2N2OS/c26-20-7-9-24(31-17-19-6-8-22(27)23(28)14-19)21(15-20)25(32)30-12-10-29(11-13-30)16-18-4-2-1-3-5-18/h1-9,14-15H,10-13,16-17H2. The lowest BCUT2D eigenvalue weighted by atomic mass is 10.1. The van der Waals surface area contributed by atoms with Crippen LogP contribution in [0.15, 0.2) is 71.2 Å². The highest BCUT2D eigenvalue weighted by Gasteiger charge is 2.22. The topological polar surface area (TPSA) is 15.7 Å². The van der Waals surface area contributed by atoms with Gasteiger partial charge in [0.15, 0.2) is 0 Å². The van der Waals surface area contributed by atoms with Gasteiger partial charge in [0.25, 0.3) is 0 Å². The van der Waals surface area contributed by atoms with E-state index in [2.05, 4.69) is 56.1 Å². The first kappa shape index (κ1) is 23.5. The summed E-state index contributed by atoms with van der Waals surface area (Å²) in [5.74, 6) is 0.760. The number of piperazine rings is 1. The van der Waals surface area contributed by atoms with Crippen LogP contribution in [0.5, 0.6) is 5.75 Å². The fourth-order valence-electron chi connectivity index (χ4n) is 3.71. The maximum atomic E-state index is 6.14. The molecular weight excluding hydrogens is 527 g/mol. The summed E-state index contributed by atoms with van der Waals surface area (Å²) in [6, 6.07) is 22.1. The highest BCUT2D eigenvalue weighted by molar-refractivity contribution is 9.10. The Labute approximate surface area is 213 Å². The fourth-order valence-corrected chi connectivity index (χ4v) is 4.73. The van der Waals surface area contributed by atoms with E-state index < -0.39 is 0 Å². The minimum absolute atomic E-state index is 0.388. The minimum Gasteiger partial charge on any atom is -0.488 e. The Morgan fingerprint density at radius 2 is 1.62 bits per heavy atom. The summed E-state index contributed by atoms with van der Waals surface area (Å²) in [7, 11) is 0. The largest absolute Gasteiger partial charge is 0.488 e. The van der Waals surface area contributed by atoms with E-state index in [4.69, 9.17) is 40.2 Å². The van der Waals surface area contributed by atoms with E-state index in [1.54, 1.807) is 6.07 Å². The van der Waals surface area contributed by atoms with Crippen LogP contribution in [-0.4, -0.2) is 41.0 Å². The molecule has 0 spiro atoms. The second kappa shape index (κ2) is 11.0. The lowest BCUT2D eigenvalue weighted by Gasteiger charge is -2.36. The molecule has 7 heteroatoms. The van der Waals surface area contributed by atoms with Crippen LogP contribution >= 0.6 is 51.3 Å². The predicted molar refractivity (Wildman–Crippen MR) is 140 cm³/mol. The minimum atomic E-state index is 0.388. The summed E-state index contributed by atoms with van der Waals surface area (Å²) in [6.07, 6.45) is 0. The molecule has 3 nitrogen and oxygen atoms in total. The van der Waals surface area contributed by atoms with Crippen molar-refractivity contribution in [1.29, 1.82) is 0 Å². The number of thiocarbonyl (C=S) groups is 1. The van der Waals surface area contributed by atoms with Crippen molar-refractivity contribution in [3.63, 3.8) is 0 Å². The van der Waals surface area contributed by atoms with Crippen LogP contribution in [0.4, 0.5) is 0 Å². The van der Waals surface area contributed by atoms with E-state index >= 15 is 0 Å². The van der Waals surface area contributed by atoms with Crippen molar-refractivity contribution in [1.82, 2.24) is 9.80 Å². The molecule has 0 saturated carbocycles. The molecule has 0 N–H and O–H groups in total. The second-order valence-corrected chi connectivity index (χ2v) is 9.85. The number of nitrogens with zero attached hydrogens (tertiary/aromatic N) is 2. The SMILES string of the molecule is S=C(c1cc(Br)ccc1OCc1ccc(Cl)c(Cl)c1)N1CCN(Cc2ccccc2)CC1. The summed E-state index contributed by atoms with van der Waals surface area (Å²) in [6.45, 7) is 5.09. The zero-order valence-electron chi connectivity index (χ0n) is 17.4. The van der Waals surface area contributed by atoms with Gasteiger partial charge in [-0.15, -0.1) is 0 Å². The summed E-state index contributed by atoms with van der Waals surface area (Å²) in [4.78, 5) is 5.55. The average molecular weight is 550 g/mol. The van der Waals surface area contributed by atoms with E-state index in [0.717, 1.165) is 59.1 Å². The summed E-state index contributed by atoms with van der Waals surface area (Å²) in [5.41, 5.74) is 3.22. The van der Waals surface area contributed by atoms with E-state index in [1.807, 2.05) is 30.3 Å². The molecule has 166 valence electrons.